The predicted octanol–water partition coefficient (Wildman–Crippen LogP) is 4.23. The Balaban J connectivity index is 1.73. The van der Waals surface area contributed by atoms with Crippen molar-refractivity contribution in [3.8, 4) is 11.4 Å². The lowest BCUT2D eigenvalue weighted by Crippen LogP contribution is -2.30. The van der Waals surface area contributed by atoms with Crippen LogP contribution in [0.2, 0.25) is 0 Å². The molecular formula is C23H25F2N3O3. The third kappa shape index (κ3) is 5.67. The number of para-hydroxylation sites is 1. The molecule has 1 amide bonds. The van der Waals surface area contributed by atoms with Gasteiger partial charge in [0, 0.05) is 18.2 Å². The van der Waals surface area contributed by atoms with Gasteiger partial charge in [0.05, 0.1) is 23.0 Å². The molecule has 0 saturated heterocycles. The molecule has 2 N–H and O–H groups in total. The first-order chi connectivity index (χ1) is 14.6. The van der Waals surface area contributed by atoms with E-state index in [1.54, 1.807) is 10.9 Å². The van der Waals surface area contributed by atoms with Gasteiger partial charge in [-0.15, -0.1) is 0 Å². The van der Waals surface area contributed by atoms with E-state index in [-0.39, 0.29) is 23.6 Å². The highest BCUT2D eigenvalue weighted by Crippen LogP contribution is 2.26. The molecule has 8 heteroatoms. The number of amides is 1. The zero-order valence-electron chi connectivity index (χ0n) is 17.5. The van der Waals surface area contributed by atoms with Crippen LogP contribution < -0.4 is 10.1 Å². The number of alkyl halides is 2. The molecule has 0 fully saturated rings. The number of benzene rings is 2. The van der Waals surface area contributed by atoms with Crippen LogP contribution in [-0.2, 0) is 5.41 Å². The normalized spacial score (nSPS) is 12.6. The van der Waals surface area contributed by atoms with Gasteiger partial charge in [-0.05, 0) is 29.8 Å². The molecular weight excluding hydrogens is 404 g/mol. The smallest absolute Gasteiger partial charge is 0.387 e. The average molecular weight is 429 g/mol. The van der Waals surface area contributed by atoms with Crippen molar-refractivity contribution in [3.63, 3.8) is 0 Å². The minimum absolute atomic E-state index is 0.00173. The van der Waals surface area contributed by atoms with Crippen molar-refractivity contribution in [1.29, 1.82) is 0 Å². The minimum Gasteiger partial charge on any atom is -0.435 e. The molecule has 0 aliphatic carbocycles. The second-order valence-corrected chi connectivity index (χ2v) is 8.09. The summed E-state index contributed by atoms with van der Waals surface area (Å²) in [6.07, 6.45) is 0.667. The van der Waals surface area contributed by atoms with Crippen LogP contribution in [0, 0.1) is 0 Å². The second-order valence-electron chi connectivity index (χ2n) is 8.09. The van der Waals surface area contributed by atoms with Gasteiger partial charge in [-0.1, -0.05) is 51.1 Å². The van der Waals surface area contributed by atoms with Crippen molar-refractivity contribution in [2.75, 3.05) is 6.54 Å². The fourth-order valence-electron chi connectivity index (χ4n) is 3.08. The van der Waals surface area contributed by atoms with Crippen molar-refractivity contribution < 1.29 is 23.4 Å². The summed E-state index contributed by atoms with van der Waals surface area (Å²) in [5.74, 6) is -0.359. The van der Waals surface area contributed by atoms with Crippen LogP contribution in [0.15, 0.2) is 60.8 Å². The van der Waals surface area contributed by atoms with Gasteiger partial charge in [0.2, 0.25) is 0 Å². The lowest BCUT2D eigenvalue weighted by molar-refractivity contribution is -0.0498. The molecule has 6 nitrogen and oxygen atoms in total. The molecule has 0 bridgehead atoms. The largest absolute Gasteiger partial charge is 0.435 e. The summed E-state index contributed by atoms with van der Waals surface area (Å²) in [6.45, 7) is 2.95. The van der Waals surface area contributed by atoms with Gasteiger partial charge in [0.15, 0.2) is 0 Å². The zero-order chi connectivity index (χ0) is 22.6. The Morgan fingerprint density at radius 3 is 2.35 bits per heavy atom. The molecule has 0 radical (unpaired) electrons. The van der Waals surface area contributed by atoms with Crippen LogP contribution in [0.1, 0.15) is 48.5 Å². The van der Waals surface area contributed by atoms with E-state index in [1.165, 1.54) is 24.3 Å². The molecule has 0 spiro atoms. The maximum atomic E-state index is 12.9. The van der Waals surface area contributed by atoms with E-state index in [2.05, 4.69) is 15.2 Å². The first kappa shape index (κ1) is 22.4. The van der Waals surface area contributed by atoms with Crippen molar-refractivity contribution >= 4 is 5.91 Å². The Labute approximate surface area is 179 Å². The van der Waals surface area contributed by atoms with Crippen molar-refractivity contribution in [2.24, 2.45) is 0 Å². The van der Waals surface area contributed by atoms with Gasteiger partial charge in [-0.25, -0.2) is 4.68 Å². The summed E-state index contributed by atoms with van der Waals surface area (Å²) in [4.78, 5) is 12.9. The average Bonchev–Trinajstić information content (AvgIpc) is 3.19. The number of ether oxygens (including phenoxy) is 1. The van der Waals surface area contributed by atoms with Crippen molar-refractivity contribution in [3.05, 3.63) is 77.6 Å². The number of hydrogen-bond acceptors (Lipinski definition) is 4. The minimum atomic E-state index is -2.91. The molecule has 2 aromatic carbocycles. The van der Waals surface area contributed by atoms with Crippen LogP contribution in [0.4, 0.5) is 8.78 Å². The van der Waals surface area contributed by atoms with E-state index in [9.17, 15) is 18.7 Å². The molecule has 0 aliphatic rings. The van der Waals surface area contributed by atoms with Crippen LogP contribution >= 0.6 is 0 Å². The molecule has 31 heavy (non-hydrogen) atoms. The van der Waals surface area contributed by atoms with E-state index < -0.39 is 12.7 Å². The van der Waals surface area contributed by atoms with Gasteiger partial charge in [0.1, 0.15) is 5.75 Å². The lowest BCUT2D eigenvalue weighted by atomic mass is 9.89. The molecule has 1 atom stereocenters. The molecule has 3 rings (SSSR count). The van der Waals surface area contributed by atoms with E-state index in [0.717, 1.165) is 5.69 Å². The molecule has 0 unspecified atom stereocenters. The van der Waals surface area contributed by atoms with E-state index in [4.69, 9.17) is 0 Å². The van der Waals surface area contributed by atoms with Gasteiger partial charge in [0.25, 0.3) is 5.91 Å². The van der Waals surface area contributed by atoms with Gasteiger partial charge in [-0.2, -0.15) is 13.9 Å². The van der Waals surface area contributed by atoms with Gasteiger partial charge < -0.3 is 15.2 Å². The van der Waals surface area contributed by atoms with E-state index >= 15 is 0 Å². The number of rotatable bonds is 7. The number of aromatic nitrogens is 2. The van der Waals surface area contributed by atoms with E-state index in [1.807, 2.05) is 51.1 Å². The number of nitrogens with one attached hydrogen (secondary N) is 1. The Morgan fingerprint density at radius 1 is 1.13 bits per heavy atom. The summed E-state index contributed by atoms with van der Waals surface area (Å²) in [5.41, 5.74) is 1.99. The van der Waals surface area contributed by atoms with Crippen LogP contribution in [-0.4, -0.2) is 34.0 Å². The molecule has 164 valence electrons. The van der Waals surface area contributed by atoms with Crippen molar-refractivity contribution in [1.82, 2.24) is 15.1 Å². The Kier molecular flexibility index (Phi) is 6.70. The van der Waals surface area contributed by atoms with Crippen LogP contribution in [0.5, 0.6) is 5.75 Å². The molecule has 1 heterocycles. The third-order valence-corrected chi connectivity index (χ3v) is 4.64. The summed E-state index contributed by atoms with van der Waals surface area (Å²) < 4.78 is 30.5. The maximum Gasteiger partial charge on any atom is 0.387 e. The standard InChI is InChI=1S/C23H25F2N3O3/c1-23(2,3)20-18(14-28(27-20)16-7-5-4-6-8-16)21(30)26-13-19(29)15-9-11-17(12-10-15)31-22(24)25/h4-12,14,19,22,29H,13H2,1-3H3,(H,26,30)/t19-/m1/s1. The zero-order valence-corrected chi connectivity index (χ0v) is 17.5. The molecule has 1 aromatic heterocycles. The molecule has 3 aromatic rings. The summed E-state index contributed by atoms with van der Waals surface area (Å²) in [6, 6.07) is 15.1. The molecule has 0 saturated carbocycles. The Morgan fingerprint density at radius 2 is 1.77 bits per heavy atom. The fraction of sp³-hybridized carbons (Fsp3) is 0.304. The van der Waals surface area contributed by atoms with Crippen molar-refractivity contribution in [2.45, 2.75) is 38.9 Å². The highest BCUT2D eigenvalue weighted by Gasteiger charge is 2.27. The fourth-order valence-corrected chi connectivity index (χ4v) is 3.08. The summed E-state index contributed by atoms with van der Waals surface area (Å²) in [7, 11) is 0. The number of carbonyl (C=O) groups excluding carboxylic acids is 1. The first-order valence-electron chi connectivity index (χ1n) is 9.82. The Hall–Kier alpha value is -3.26. The quantitative estimate of drug-likeness (QED) is 0.589. The lowest BCUT2D eigenvalue weighted by Gasteiger charge is -2.18. The predicted molar refractivity (Wildman–Crippen MR) is 113 cm³/mol. The molecule has 0 aliphatic heterocycles. The number of carbonyl (C=O) groups is 1. The third-order valence-electron chi connectivity index (χ3n) is 4.64. The van der Waals surface area contributed by atoms with E-state index in [0.29, 0.717) is 16.8 Å². The Bertz CT molecular complexity index is 1010. The number of aliphatic hydroxyl groups excluding tert-OH is 1. The van der Waals surface area contributed by atoms with Gasteiger partial charge >= 0.3 is 6.61 Å². The second kappa shape index (κ2) is 9.26. The van der Waals surface area contributed by atoms with Crippen LogP contribution in [0.25, 0.3) is 5.69 Å². The summed E-state index contributed by atoms with van der Waals surface area (Å²) in [5, 5.41) is 17.7. The number of hydrogen-bond donors (Lipinski definition) is 2. The number of aliphatic hydroxyl groups is 1. The topological polar surface area (TPSA) is 76.4 Å². The number of halogens is 2. The van der Waals surface area contributed by atoms with Crippen LogP contribution in [0.3, 0.4) is 0 Å². The number of nitrogens with zero attached hydrogens (tertiary/aromatic N) is 2. The summed E-state index contributed by atoms with van der Waals surface area (Å²) >= 11 is 0. The van der Waals surface area contributed by atoms with Gasteiger partial charge in [-0.3, -0.25) is 4.79 Å². The monoisotopic (exact) mass is 429 g/mol. The highest BCUT2D eigenvalue weighted by molar-refractivity contribution is 5.95. The maximum absolute atomic E-state index is 12.9. The highest BCUT2D eigenvalue weighted by atomic mass is 19.3. The SMILES string of the molecule is CC(C)(C)c1nn(-c2ccccc2)cc1C(=O)NC[C@@H](O)c1ccc(OC(F)F)cc1. The first-order valence-corrected chi connectivity index (χ1v) is 9.82.